The Morgan fingerprint density at radius 3 is 2.96 bits per heavy atom. The van der Waals surface area contributed by atoms with Crippen molar-refractivity contribution in [2.24, 2.45) is 5.92 Å². The van der Waals surface area contributed by atoms with Gasteiger partial charge in [-0.3, -0.25) is 14.6 Å². The van der Waals surface area contributed by atoms with Gasteiger partial charge in [-0.15, -0.1) is 0 Å². The summed E-state index contributed by atoms with van der Waals surface area (Å²) in [7, 11) is 0. The Hall–Kier alpha value is -2.73. The molecular formula is C20H22N4O2. The number of hydrogen-bond acceptors (Lipinski definition) is 4. The maximum atomic E-state index is 12.7. The molecule has 1 unspecified atom stereocenters. The summed E-state index contributed by atoms with van der Waals surface area (Å²) >= 11 is 0. The highest BCUT2D eigenvalue weighted by Gasteiger charge is 2.26. The standard InChI is InChI=1S/C20H22N4O2/c25-19(15-3-1-8-21-12-15)23-17-5-6-18-14(11-17)7-10-24(18)20(26)16-4-2-9-22-13-16/h2,4-6,9,11,13,15,21H,1,3,7-8,10,12H2,(H,23,25). The first-order valence-electron chi connectivity index (χ1n) is 9.09. The molecule has 2 N–H and O–H groups in total. The van der Waals surface area contributed by atoms with Gasteiger partial charge in [0.1, 0.15) is 0 Å². The summed E-state index contributed by atoms with van der Waals surface area (Å²) in [5.74, 6) is 0.0565. The average molecular weight is 350 g/mol. The lowest BCUT2D eigenvalue weighted by Gasteiger charge is -2.22. The summed E-state index contributed by atoms with van der Waals surface area (Å²) in [6, 6.07) is 9.33. The zero-order valence-corrected chi connectivity index (χ0v) is 14.6. The van der Waals surface area contributed by atoms with Gasteiger partial charge in [0.15, 0.2) is 0 Å². The molecule has 2 aromatic rings. The lowest BCUT2D eigenvalue weighted by Crippen LogP contribution is -2.37. The molecule has 2 aliphatic rings. The van der Waals surface area contributed by atoms with E-state index in [-0.39, 0.29) is 17.7 Å². The van der Waals surface area contributed by atoms with Crippen molar-refractivity contribution < 1.29 is 9.59 Å². The Kier molecular flexibility index (Phi) is 4.67. The molecule has 0 spiro atoms. The van der Waals surface area contributed by atoms with Crippen molar-refractivity contribution in [2.75, 3.05) is 29.9 Å². The van der Waals surface area contributed by atoms with Crippen LogP contribution in [0.2, 0.25) is 0 Å². The Morgan fingerprint density at radius 2 is 2.19 bits per heavy atom. The monoisotopic (exact) mass is 350 g/mol. The van der Waals surface area contributed by atoms with E-state index in [1.54, 1.807) is 29.4 Å². The Balaban J connectivity index is 1.48. The maximum absolute atomic E-state index is 12.7. The molecule has 0 bridgehead atoms. The molecule has 1 fully saturated rings. The van der Waals surface area contributed by atoms with Crippen molar-refractivity contribution in [1.29, 1.82) is 0 Å². The smallest absolute Gasteiger partial charge is 0.259 e. The van der Waals surface area contributed by atoms with Crippen LogP contribution < -0.4 is 15.5 Å². The summed E-state index contributed by atoms with van der Waals surface area (Å²) in [6.07, 6.45) is 6.00. The summed E-state index contributed by atoms with van der Waals surface area (Å²) in [4.78, 5) is 30.9. The highest BCUT2D eigenvalue weighted by molar-refractivity contribution is 6.07. The van der Waals surface area contributed by atoms with Crippen LogP contribution in [0.3, 0.4) is 0 Å². The molecule has 1 atom stereocenters. The van der Waals surface area contributed by atoms with Crippen LogP contribution in [0.1, 0.15) is 28.8 Å². The van der Waals surface area contributed by atoms with Gasteiger partial charge >= 0.3 is 0 Å². The van der Waals surface area contributed by atoms with Gasteiger partial charge in [0.2, 0.25) is 5.91 Å². The molecule has 1 aromatic heterocycles. The minimum absolute atomic E-state index is 0.0284. The van der Waals surface area contributed by atoms with E-state index in [1.807, 2.05) is 18.2 Å². The number of pyridine rings is 1. The average Bonchev–Trinajstić information content (AvgIpc) is 3.12. The summed E-state index contributed by atoms with van der Waals surface area (Å²) < 4.78 is 0. The van der Waals surface area contributed by atoms with E-state index in [0.717, 1.165) is 49.3 Å². The zero-order valence-electron chi connectivity index (χ0n) is 14.6. The molecule has 2 amide bonds. The molecule has 1 aromatic carbocycles. The van der Waals surface area contributed by atoms with Crippen LogP contribution in [0, 0.1) is 5.92 Å². The first kappa shape index (κ1) is 16.7. The number of carbonyl (C=O) groups excluding carboxylic acids is 2. The second kappa shape index (κ2) is 7.25. The third-order valence-electron chi connectivity index (χ3n) is 5.06. The number of anilines is 2. The van der Waals surface area contributed by atoms with Crippen LogP contribution in [-0.4, -0.2) is 36.4 Å². The summed E-state index contributed by atoms with van der Waals surface area (Å²) in [5, 5.41) is 6.29. The molecule has 0 saturated carbocycles. The fraction of sp³-hybridized carbons (Fsp3) is 0.350. The van der Waals surface area contributed by atoms with Crippen molar-refractivity contribution in [2.45, 2.75) is 19.3 Å². The molecule has 134 valence electrons. The fourth-order valence-electron chi connectivity index (χ4n) is 3.66. The first-order valence-corrected chi connectivity index (χ1v) is 9.09. The van der Waals surface area contributed by atoms with Crippen molar-refractivity contribution >= 4 is 23.2 Å². The molecule has 0 aliphatic carbocycles. The maximum Gasteiger partial charge on any atom is 0.259 e. The highest BCUT2D eigenvalue weighted by atomic mass is 16.2. The summed E-state index contributed by atoms with van der Waals surface area (Å²) in [6.45, 7) is 2.38. The number of aromatic nitrogens is 1. The molecule has 0 radical (unpaired) electrons. The molecule has 2 aliphatic heterocycles. The lowest BCUT2D eigenvalue weighted by molar-refractivity contribution is -0.120. The SMILES string of the molecule is O=C(Nc1ccc2c(c1)CCN2C(=O)c1cccnc1)C1CCCNC1. The lowest BCUT2D eigenvalue weighted by atomic mass is 9.98. The fourth-order valence-corrected chi connectivity index (χ4v) is 3.66. The molecule has 6 nitrogen and oxygen atoms in total. The van der Waals surface area contributed by atoms with Crippen molar-refractivity contribution in [3.63, 3.8) is 0 Å². The molecule has 3 heterocycles. The van der Waals surface area contributed by atoms with Gasteiger partial charge in [0.05, 0.1) is 11.5 Å². The van der Waals surface area contributed by atoms with Gasteiger partial charge in [-0.25, -0.2) is 0 Å². The number of benzene rings is 1. The van der Waals surface area contributed by atoms with Crippen molar-refractivity contribution in [1.82, 2.24) is 10.3 Å². The molecule has 1 saturated heterocycles. The van der Waals surface area contributed by atoms with E-state index in [0.29, 0.717) is 12.1 Å². The number of amides is 2. The quantitative estimate of drug-likeness (QED) is 0.890. The minimum atomic E-state index is -0.0399. The molecular weight excluding hydrogens is 328 g/mol. The Bertz CT molecular complexity index is 816. The van der Waals surface area contributed by atoms with E-state index in [4.69, 9.17) is 0 Å². The first-order chi connectivity index (χ1) is 12.7. The van der Waals surface area contributed by atoms with Crippen LogP contribution in [0.15, 0.2) is 42.7 Å². The number of nitrogens with zero attached hydrogens (tertiary/aromatic N) is 2. The Morgan fingerprint density at radius 1 is 1.27 bits per heavy atom. The second-order valence-corrected chi connectivity index (χ2v) is 6.82. The summed E-state index contributed by atoms with van der Waals surface area (Å²) in [5.41, 5.74) is 3.38. The van der Waals surface area contributed by atoms with Gasteiger partial charge in [0.25, 0.3) is 5.91 Å². The van der Waals surface area contributed by atoms with Crippen LogP contribution in [-0.2, 0) is 11.2 Å². The predicted molar refractivity (Wildman–Crippen MR) is 100 cm³/mol. The van der Waals surface area contributed by atoms with Crippen molar-refractivity contribution in [3.8, 4) is 0 Å². The van der Waals surface area contributed by atoms with Crippen molar-refractivity contribution in [3.05, 3.63) is 53.9 Å². The van der Waals surface area contributed by atoms with E-state index in [2.05, 4.69) is 15.6 Å². The van der Waals surface area contributed by atoms with Crippen LogP contribution in [0.4, 0.5) is 11.4 Å². The number of hydrogen-bond donors (Lipinski definition) is 2. The third-order valence-corrected chi connectivity index (χ3v) is 5.06. The van der Waals surface area contributed by atoms with Crippen LogP contribution >= 0.6 is 0 Å². The predicted octanol–water partition coefficient (Wildman–Crippen LogP) is 2.22. The van der Waals surface area contributed by atoms with Gasteiger partial charge in [-0.2, -0.15) is 0 Å². The zero-order chi connectivity index (χ0) is 17.9. The number of fused-ring (bicyclic) bond motifs is 1. The van der Waals surface area contributed by atoms with Crippen LogP contribution in [0.5, 0.6) is 0 Å². The van der Waals surface area contributed by atoms with E-state index < -0.39 is 0 Å². The Labute approximate surface area is 152 Å². The van der Waals surface area contributed by atoms with E-state index >= 15 is 0 Å². The normalized spacial score (nSPS) is 19.1. The number of carbonyl (C=O) groups is 2. The van der Waals surface area contributed by atoms with Gasteiger partial charge in [-0.1, -0.05) is 0 Å². The van der Waals surface area contributed by atoms with E-state index in [9.17, 15) is 9.59 Å². The second-order valence-electron chi connectivity index (χ2n) is 6.82. The highest BCUT2D eigenvalue weighted by Crippen LogP contribution is 2.31. The van der Waals surface area contributed by atoms with Gasteiger partial charge < -0.3 is 15.5 Å². The molecule has 6 heteroatoms. The van der Waals surface area contributed by atoms with Gasteiger partial charge in [-0.05, 0) is 61.7 Å². The molecule has 4 rings (SSSR count). The number of nitrogens with one attached hydrogen (secondary N) is 2. The number of rotatable bonds is 3. The van der Waals surface area contributed by atoms with Gasteiger partial charge in [0, 0.05) is 36.9 Å². The van der Waals surface area contributed by atoms with E-state index in [1.165, 1.54) is 0 Å². The minimum Gasteiger partial charge on any atom is -0.326 e. The topological polar surface area (TPSA) is 74.3 Å². The number of piperidine rings is 1. The molecule has 26 heavy (non-hydrogen) atoms. The largest absolute Gasteiger partial charge is 0.326 e. The van der Waals surface area contributed by atoms with Crippen LogP contribution in [0.25, 0.3) is 0 Å². The third kappa shape index (κ3) is 3.32.